The summed E-state index contributed by atoms with van der Waals surface area (Å²) in [6, 6.07) is -0.598. The first-order chi connectivity index (χ1) is 9.47. The topological polar surface area (TPSA) is 118 Å². The van der Waals surface area contributed by atoms with Gasteiger partial charge in [0.05, 0.1) is 13.7 Å². The van der Waals surface area contributed by atoms with Crippen LogP contribution in [0.4, 0.5) is 0 Å². The third kappa shape index (κ3) is 2.62. The van der Waals surface area contributed by atoms with E-state index in [0.29, 0.717) is 5.90 Å². The number of esters is 1. The van der Waals surface area contributed by atoms with Crippen LogP contribution >= 0.6 is 0 Å². The summed E-state index contributed by atoms with van der Waals surface area (Å²) in [6.45, 7) is 0.995. The van der Waals surface area contributed by atoms with Crippen molar-refractivity contribution in [3.8, 4) is 0 Å². The van der Waals surface area contributed by atoms with Gasteiger partial charge in [0.25, 0.3) is 0 Å². The molecule has 8 nitrogen and oxygen atoms in total. The molecule has 112 valence electrons. The van der Waals surface area contributed by atoms with Crippen molar-refractivity contribution >= 4 is 11.9 Å². The Labute approximate surface area is 115 Å². The summed E-state index contributed by atoms with van der Waals surface area (Å²) in [7, 11) is 1.20. The van der Waals surface area contributed by atoms with Crippen LogP contribution in [0.15, 0.2) is 16.8 Å². The monoisotopic (exact) mass is 287 g/mol. The van der Waals surface area contributed by atoms with Crippen LogP contribution < -0.4 is 0 Å². The van der Waals surface area contributed by atoms with Crippen molar-refractivity contribution in [3.05, 3.63) is 11.8 Å². The molecule has 0 saturated heterocycles. The maximum Gasteiger partial charge on any atom is 0.373 e. The Morgan fingerprint density at radius 3 is 2.80 bits per heavy atom. The molecule has 0 aromatic rings. The quantitative estimate of drug-likeness (QED) is 0.530. The second-order valence-electron chi connectivity index (χ2n) is 4.57. The summed E-state index contributed by atoms with van der Waals surface area (Å²) in [6.07, 6.45) is -3.00. The number of rotatable bonds is 4. The van der Waals surface area contributed by atoms with Crippen LogP contribution in [0.5, 0.6) is 0 Å². The zero-order valence-corrected chi connectivity index (χ0v) is 11.1. The number of hydrogen-bond donors (Lipinski definition) is 3. The maximum absolute atomic E-state index is 11.5. The molecule has 2 aliphatic heterocycles. The number of methoxy groups -OCH3 is 1. The number of hydrogen-bond acceptors (Lipinski definition) is 8. The molecule has 0 fully saturated rings. The molecule has 0 unspecified atom stereocenters. The van der Waals surface area contributed by atoms with Crippen LogP contribution in [0, 0.1) is 0 Å². The first-order valence-corrected chi connectivity index (χ1v) is 6.12. The van der Waals surface area contributed by atoms with Crippen LogP contribution in [0.2, 0.25) is 0 Å². The zero-order chi connectivity index (χ0) is 14.9. The minimum atomic E-state index is -1.42. The Bertz CT molecular complexity index is 447. The highest BCUT2D eigenvalue weighted by Crippen LogP contribution is 2.30. The minimum absolute atomic E-state index is 0.118. The fourth-order valence-corrected chi connectivity index (χ4v) is 2.19. The number of ether oxygens (including phenoxy) is 3. The van der Waals surface area contributed by atoms with Gasteiger partial charge in [0.2, 0.25) is 5.76 Å². The van der Waals surface area contributed by atoms with E-state index in [-0.39, 0.29) is 5.76 Å². The van der Waals surface area contributed by atoms with Crippen molar-refractivity contribution in [2.75, 3.05) is 13.7 Å². The smallest absolute Gasteiger partial charge is 0.373 e. The SMILES string of the molecule is COC(=O)C1=C[C@H]2OC(C)=N[C@H]2[C@H]([C@H](O)[C@H](O)CO)O1. The van der Waals surface area contributed by atoms with Gasteiger partial charge >= 0.3 is 5.97 Å². The fraction of sp³-hybridized carbons (Fsp3) is 0.667. The Balaban J connectivity index is 2.26. The van der Waals surface area contributed by atoms with Crippen LogP contribution in [0.25, 0.3) is 0 Å². The summed E-state index contributed by atoms with van der Waals surface area (Å²) in [5.41, 5.74) is 0. The average molecular weight is 287 g/mol. The first kappa shape index (κ1) is 14.8. The number of aliphatic hydroxyl groups is 3. The number of fused-ring (bicyclic) bond motifs is 1. The molecular weight excluding hydrogens is 270 g/mol. The van der Waals surface area contributed by atoms with Crippen molar-refractivity contribution in [1.29, 1.82) is 0 Å². The molecule has 0 aromatic heterocycles. The predicted octanol–water partition coefficient (Wildman–Crippen LogP) is -1.66. The summed E-state index contributed by atoms with van der Waals surface area (Å²) >= 11 is 0. The zero-order valence-electron chi connectivity index (χ0n) is 11.1. The Morgan fingerprint density at radius 1 is 1.50 bits per heavy atom. The summed E-state index contributed by atoms with van der Waals surface area (Å²) in [5, 5.41) is 28.5. The molecule has 0 aliphatic carbocycles. The van der Waals surface area contributed by atoms with Gasteiger partial charge < -0.3 is 29.5 Å². The van der Waals surface area contributed by atoms with Gasteiger partial charge in [-0.05, 0) is 0 Å². The lowest BCUT2D eigenvalue weighted by atomic mass is 9.95. The molecule has 0 bridgehead atoms. The van der Waals surface area contributed by atoms with Gasteiger partial charge in [-0.3, -0.25) is 0 Å². The predicted molar refractivity (Wildman–Crippen MR) is 65.8 cm³/mol. The van der Waals surface area contributed by atoms with Gasteiger partial charge in [0.15, 0.2) is 12.0 Å². The van der Waals surface area contributed by atoms with E-state index in [0.717, 1.165) is 0 Å². The van der Waals surface area contributed by atoms with E-state index in [9.17, 15) is 15.0 Å². The van der Waals surface area contributed by atoms with Gasteiger partial charge in [0.1, 0.15) is 24.4 Å². The van der Waals surface area contributed by atoms with E-state index in [1.807, 2.05) is 0 Å². The third-order valence-corrected chi connectivity index (χ3v) is 3.19. The summed E-state index contributed by atoms with van der Waals surface area (Å²) in [4.78, 5) is 15.7. The second kappa shape index (κ2) is 5.78. The van der Waals surface area contributed by atoms with Gasteiger partial charge in [-0.25, -0.2) is 9.79 Å². The summed E-state index contributed by atoms with van der Waals surface area (Å²) in [5.74, 6) is -0.443. The van der Waals surface area contributed by atoms with Gasteiger partial charge in [0, 0.05) is 13.0 Å². The summed E-state index contributed by atoms with van der Waals surface area (Å²) < 4.78 is 15.3. The number of carbonyl (C=O) groups excluding carboxylic acids is 1. The number of carbonyl (C=O) groups is 1. The molecule has 8 heteroatoms. The fourth-order valence-electron chi connectivity index (χ4n) is 2.19. The normalized spacial score (nSPS) is 31.1. The van der Waals surface area contributed by atoms with E-state index in [1.54, 1.807) is 6.92 Å². The van der Waals surface area contributed by atoms with Crippen molar-refractivity contribution in [2.24, 2.45) is 4.99 Å². The first-order valence-electron chi connectivity index (χ1n) is 6.12. The van der Waals surface area contributed by atoms with E-state index in [2.05, 4.69) is 9.73 Å². The van der Waals surface area contributed by atoms with Gasteiger partial charge in [-0.15, -0.1) is 0 Å². The molecule has 2 aliphatic rings. The van der Waals surface area contributed by atoms with E-state index in [4.69, 9.17) is 14.6 Å². The highest BCUT2D eigenvalue weighted by atomic mass is 16.6. The molecule has 0 amide bonds. The molecule has 0 radical (unpaired) electrons. The van der Waals surface area contributed by atoms with E-state index < -0.39 is 43.0 Å². The molecule has 0 saturated carbocycles. The van der Waals surface area contributed by atoms with Crippen LogP contribution in [0.1, 0.15) is 6.92 Å². The van der Waals surface area contributed by atoms with Crippen molar-refractivity contribution in [1.82, 2.24) is 0 Å². The number of aliphatic imine (C=N–C) groups is 1. The standard InChI is InChI=1S/C12H17NO7/c1-5-13-9-7(19-5)3-8(12(17)18-2)20-11(9)10(16)6(15)4-14/h3,6-7,9-11,14-16H,4H2,1-2H3/t6-,7-,9-,10-,11-/m1/s1. The largest absolute Gasteiger partial charge is 0.478 e. The lowest BCUT2D eigenvalue weighted by Gasteiger charge is -2.34. The molecule has 0 aromatic carbocycles. The molecule has 20 heavy (non-hydrogen) atoms. The van der Waals surface area contributed by atoms with E-state index >= 15 is 0 Å². The highest BCUT2D eigenvalue weighted by molar-refractivity contribution is 5.87. The highest BCUT2D eigenvalue weighted by Gasteiger charge is 2.46. The van der Waals surface area contributed by atoms with Crippen LogP contribution in [-0.4, -0.2) is 71.4 Å². The number of aliphatic hydroxyl groups excluding tert-OH is 3. The van der Waals surface area contributed by atoms with Crippen LogP contribution in [0.3, 0.4) is 0 Å². The van der Waals surface area contributed by atoms with Crippen molar-refractivity contribution < 1.29 is 34.3 Å². The lowest BCUT2D eigenvalue weighted by Crippen LogP contribution is -2.51. The molecule has 2 rings (SSSR count). The molecule has 2 heterocycles. The van der Waals surface area contributed by atoms with Gasteiger partial charge in [-0.1, -0.05) is 0 Å². The van der Waals surface area contributed by atoms with Crippen molar-refractivity contribution in [2.45, 2.75) is 37.4 Å². The molecular formula is C12H17NO7. The van der Waals surface area contributed by atoms with E-state index in [1.165, 1.54) is 13.2 Å². The number of nitrogens with zero attached hydrogens (tertiary/aromatic N) is 1. The maximum atomic E-state index is 11.5. The van der Waals surface area contributed by atoms with Crippen LogP contribution in [-0.2, 0) is 19.0 Å². The lowest BCUT2D eigenvalue weighted by molar-refractivity contribution is -0.148. The third-order valence-electron chi connectivity index (χ3n) is 3.19. The Morgan fingerprint density at radius 2 is 2.20 bits per heavy atom. The van der Waals surface area contributed by atoms with Gasteiger partial charge in [-0.2, -0.15) is 0 Å². The Kier molecular flexibility index (Phi) is 4.26. The second-order valence-corrected chi connectivity index (χ2v) is 4.57. The molecule has 5 atom stereocenters. The average Bonchev–Trinajstić information content (AvgIpc) is 2.83. The minimum Gasteiger partial charge on any atom is -0.478 e. The molecule has 0 spiro atoms. The Hall–Kier alpha value is -1.64. The van der Waals surface area contributed by atoms with Crippen molar-refractivity contribution in [3.63, 3.8) is 0 Å². The molecule has 3 N–H and O–H groups in total.